The maximum Gasteiger partial charge on any atom is 0.137 e. The Morgan fingerprint density at radius 2 is 0.873 bits per heavy atom. The Balaban J connectivity index is 1.08. The first-order valence-corrected chi connectivity index (χ1v) is 18.7. The van der Waals surface area contributed by atoms with Crippen LogP contribution in [0.15, 0.2) is 209 Å². The Kier molecular flexibility index (Phi) is 7.17. The van der Waals surface area contributed by atoms with E-state index in [-0.39, 0.29) is 0 Å². The Labute approximate surface area is 317 Å². The second-order valence-corrected chi connectivity index (χ2v) is 14.1. The first-order valence-electron chi connectivity index (χ1n) is 18.7. The minimum absolute atomic E-state index is 0.856. The molecule has 0 spiro atoms. The molecular weight excluding hydrogens is 671 g/mol. The molecule has 0 unspecified atom stereocenters. The highest BCUT2D eigenvalue weighted by molar-refractivity contribution is 6.12. The van der Waals surface area contributed by atoms with E-state index in [9.17, 15) is 0 Å². The van der Waals surface area contributed by atoms with Crippen molar-refractivity contribution in [2.24, 2.45) is 0 Å². The number of anilines is 3. The third kappa shape index (κ3) is 5.20. The van der Waals surface area contributed by atoms with Crippen LogP contribution >= 0.6 is 0 Å². The number of benzene rings is 9. The molecule has 2 aromatic heterocycles. The van der Waals surface area contributed by atoms with Crippen LogP contribution in [0, 0.1) is 0 Å². The molecule has 0 bridgehead atoms. The van der Waals surface area contributed by atoms with Crippen molar-refractivity contribution in [3.63, 3.8) is 0 Å². The van der Waals surface area contributed by atoms with Crippen molar-refractivity contribution in [3.05, 3.63) is 200 Å². The summed E-state index contributed by atoms with van der Waals surface area (Å²) in [5, 5.41) is 6.96. The van der Waals surface area contributed by atoms with Gasteiger partial charge in [0.15, 0.2) is 0 Å². The van der Waals surface area contributed by atoms with Gasteiger partial charge in [-0.3, -0.25) is 0 Å². The van der Waals surface area contributed by atoms with Gasteiger partial charge in [0.05, 0.1) is 5.69 Å². The third-order valence-electron chi connectivity index (χ3n) is 10.9. The van der Waals surface area contributed by atoms with Crippen molar-refractivity contribution in [1.29, 1.82) is 0 Å². The van der Waals surface area contributed by atoms with Gasteiger partial charge >= 0.3 is 0 Å². The normalized spacial score (nSPS) is 11.6. The smallest absolute Gasteiger partial charge is 0.137 e. The molecule has 3 nitrogen and oxygen atoms in total. The molecule has 0 radical (unpaired) electrons. The van der Waals surface area contributed by atoms with E-state index < -0.39 is 0 Å². The zero-order valence-electron chi connectivity index (χ0n) is 29.8. The highest BCUT2D eigenvalue weighted by Crippen LogP contribution is 2.45. The van der Waals surface area contributed by atoms with Crippen LogP contribution < -0.4 is 4.90 Å². The molecule has 0 aliphatic rings. The maximum absolute atomic E-state index is 6.44. The van der Waals surface area contributed by atoms with Gasteiger partial charge in [-0.2, -0.15) is 0 Å². The second kappa shape index (κ2) is 12.6. The van der Waals surface area contributed by atoms with Crippen LogP contribution in [0.5, 0.6) is 0 Å². The molecule has 258 valence electrons. The summed E-state index contributed by atoms with van der Waals surface area (Å²) in [4.78, 5) is 2.35. The minimum atomic E-state index is 0.856. The zero-order valence-corrected chi connectivity index (χ0v) is 29.8. The molecule has 11 aromatic rings. The Bertz CT molecular complexity index is 3220. The van der Waals surface area contributed by atoms with E-state index in [0.717, 1.165) is 83.2 Å². The molecule has 55 heavy (non-hydrogen) atoms. The fourth-order valence-corrected chi connectivity index (χ4v) is 8.33. The van der Waals surface area contributed by atoms with Gasteiger partial charge in [0.1, 0.15) is 22.3 Å². The van der Waals surface area contributed by atoms with E-state index in [0.29, 0.717) is 0 Å². The molecule has 0 aliphatic heterocycles. The van der Waals surface area contributed by atoms with Gasteiger partial charge in [0.2, 0.25) is 0 Å². The van der Waals surface area contributed by atoms with E-state index in [4.69, 9.17) is 8.83 Å². The molecule has 11 rings (SSSR count). The van der Waals surface area contributed by atoms with E-state index in [1.165, 1.54) is 21.9 Å². The fourth-order valence-electron chi connectivity index (χ4n) is 8.33. The van der Waals surface area contributed by atoms with Gasteiger partial charge in [0.25, 0.3) is 0 Å². The van der Waals surface area contributed by atoms with Crippen LogP contribution in [0.25, 0.3) is 88.0 Å². The first kappa shape index (κ1) is 31.2. The number of rotatable bonds is 6. The summed E-state index contributed by atoms with van der Waals surface area (Å²) < 4.78 is 12.7. The molecule has 2 heterocycles. The number of furan rings is 2. The molecule has 0 N–H and O–H groups in total. The van der Waals surface area contributed by atoms with E-state index in [1.807, 2.05) is 24.3 Å². The standard InChI is InChI=1S/C52H33NO2/c1-2-16-40-34(12-1)13-10-20-41(40)36-14-9-15-37(32-36)42-17-3-6-22-47(42)53(39-30-31-45-44-18-4-7-23-48(44)55-51(45)33-39)38-28-26-35(27-29-38)43-21-11-25-50-52(43)46-19-5-8-24-49(46)54-50/h1-33H. The van der Waals surface area contributed by atoms with E-state index in [1.54, 1.807) is 0 Å². The quantitative estimate of drug-likeness (QED) is 0.173. The van der Waals surface area contributed by atoms with Crippen LogP contribution in [0.2, 0.25) is 0 Å². The van der Waals surface area contributed by atoms with Crippen LogP contribution in [0.3, 0.4) is 0 Å². The van der Waals surface area contributed by atoms with Gasteiger partial charge in [-0.1, -0.05) is 140 Å². The molecule has 0 saturated carbocycles. The number of fused-ring (bicyclic) bond motifs is 7. The maximum atomic E-state index is 6.44. The monoisotopic (exact) mass is 703 g/mol. The average molecular weight is 704 g/mol. The van der Waals surface area contributed by atoms with Crippen molar-refractivity contribution >= 4 is 71.7 Å². The lowest BCUT2D eigenvalue weighted by Gasteiger charge is -2.28. The summed E-state index contributed by atoms with van der Waals surface area (Å²) in [5.74, 6) is 0. The van der Waals surface area contributed by atoms with Gasteiger partial charge in [-0.25, -0.2) is 0 Å². The van der Waals surface area contributed by atoms with Crippen molar-refractivity contribution < 1.29 is 8.83 Å². The molecular formula is C52H33NO2. The summed E-state index contributed by atoms with van der Waals surface area (Å²) in [6, 6.07) is 71.1. The first-order chi connectivity index (χ1) is 27.3. The number of para-hydroxylation sites is 3. The summed E-state index contributed by atoms with van der Waals surface area (Å²) >= 11 is 0. The van der Waals surface area contributed by atoms with Gasteiger partial charge < -0.3 is 13.7 Å². The number of hydrogen-bond acceptors (Lipinski definition) is 3. The lowest BCUT2D eigenvalue weighted by molar-refractivity contribution is 0.668. The van der Waals surface area contributed by atoms with Crippen LogP contribution in [0.1, 0.15) is 0 Å². The average Bonchev–Trinajstić information content (AvgIpc) is 3.82. The van der Waals surface area contributed by atoms with Crippen molar-refractivity contribution in [2.45, 2.75) is 0 Å². The van der Waals surface area contributed by atoms with Gasteiger partial charge in [0, 0.05) is 44.5 Å². The topological polar surface area (TPSA) is 29.5 Å². The number of hydrogen-bond donors (Lipinski definition) is 0. The van der Waals surface area contributed by atoms with Crippen molar-refractivity contribution in [1.82, 2.24) is 0 Å². The lowest BCUT2D eigenvalue weighted by Crippen LogP contribution is -2.11. The molecule has 0 fully saturated rings. The van der Waals surface area contributed by atoms with Crippen molar-refractivity contribution in [3.8, 4) is 33.4 Å². The Morgan fingerprint density at radius 1 is 0.309 bits per heavy atom. The summed E-state index contributed by atoms with van der Waals surface area (Å²) in [5.41, 5.74) is 13.6. The van der Waals surface area contributed by atoms with E-state index >= 15 is 0 Å². The zero-order chi connectivity index (χ0) is 36.3. The largest absolute Gasteiger partial charge is 0.456 e. The van der Waals surface area contributed by atoms with Crippen molar-refractivity contribution in [2.75, 3.05) is 4.90 Å². The predicted octanol–water partition coefficient (Wildman–Crippen LogP) is 15.1. The summed E-state index contributed by atoms with van der Waals surface area (Å²) in [6.45, 7) is 0. The molecule has 0 amide bonds. The number of nitrogens with zero attached hydrogens (tertiary/aromatic N) is 1. The molecule has 0 saturated heterocycles. The Hall–Kier alpha value is -7.36. The molecule has 3 heteroatoms. The van der Waals surface area contributed by atoms with E-state index in [2.05, 4.69) is 181 Å². The molecule has 0 atom stereocenters. The molecule has 0 aliphatic carbocycles. The highest BCUT2D eigenvalue weighted by Gasteiger charge is 2.20. The van der Waals surface area contributed by atoms with Crippen LogP contribution in [0.4, 0.5) is 17.1 Å². The summed E-state index contributed by atoms with van der Waals surface area (Å²) in [7, 11) is 0. The highest BCUT2D eigenvalue weighted by atomic mass is 16.3. The van der Waals surface area contributed by atoms with Crippen LogP contribution in [-0.2, 0) is 0 Å². The minimum Gasteiger partial charge on any atom is -0.456 e. The van der Waals surface area contributed by atoms with Gasteiger partial charge in [-0.05, 0) is 93.2 Å². The third-order valence-corrected chi connectivity index (χ3v) is 10.9. The molecule has 9 aromatic carbocycles. The lowest BCUT2D eigenvalue weighted by atomic mass is 9.94. The SMILES string of the molecule is c1cc(-c2ccccc2N(c2ccc(-c3cccc4oc5ccccc5c34)cc2)c2ccc3c(c2)oc2ccccc23)cc(-c2cccc3ccccc23)c1. The fraction of sp³-hybridized carbons (Fsp3) is 0. The second-order valence-electron chi connectivity index (χ2n) is 14.1. The van der Waals surface area contributed by atoms with Gasteiger partial charge in [-0.15, -0.1) is 0 Å². The summed E-state index contributed by atoms with van der Waals surface area (Å²) in [6.07, 6.45) is 0. The van der Waals surface area contributed by atoms with Crippen LogP contribution in [-0.4, -0.2) is 0 Å². The Morgan fingerprint density at radius 3 is 1.75 bits per heavy atom. The predicted molar refractivity (Wildman–Crippen MR) is 229 cm³/mol.